The van der Waals surface area contributed by atoms with Gasteiger partial charge in [-0.15, -0.1) is 11.6 Å². The SMILES string of the molecule is CN1C(=O)C(=NCC(Cl)C(Cl)(Cl)Cl)N(c2ccccc2F)C1=O.CSNSC. The standard InChI is InChI=1S/C13H10Cl4FN3O2.C2H7NS2/c1-20-11(22)10(19-6-9(14)13(15,16)17)21(12(20)23)8-5-3-2-4-7(8)18;1-4-3-5-2/h2-5,9H,6H2,1H3;3H,1-2H3. The predicted octanol–water partition coefficient (Wildman–Crippen LogP) is 4.73. The van der Waals surface area contributed by atoms with E-state index in [9.17, 15) is 14.0 Å². The number of nitrogens with one attached hydrogen (secondary N) is 1. The maximum Gasteiger partial charge on any atom is 0.337 e. The van der Waals surface area contributed by atoms with E-state index in [1.165, 1.54) is 25.2 Å². The van der Waals surface area contributed by atoms with Crippen molar-refractivity contribution in [3.63, 3.8) is 0 Å². The van der Waals surface area contributed by atoms with E-state index >= 15 is 0 Å². The summed E-state index contributed by atoms with van der Waals surface area (Å²) in [4.78, 5) is 30.0. The van der Waals surface area contributed by atoms with Gasteiger partial charge in [-0.1, -0.05) is 70.8 Å². The highest BCUT2D eigenvalue weighted by Crippen LogP contribution is 2.34. The van der Waals surface area contributed by atoms with Crippen molar-refractivity contribution in [1.29, 1.82) is 0 Å². The van der Waals surface area contributed by atoms with Crippen molar-refractivity contribution in [1.82, 2.24) is 9.03 Å². The zero-order valence-corrected chi connectivity index (χ0v) is 19.6. The number of urea groups is 1. The zero-order chi connectivity index (χ0) is 21.5. The average molecular weight is 510 g/mol. The van der Waals surface area contributed by atoms with Gasteiger partial charge < -0.3 is 0 Å². The Morgan fingerprint density at radius 3 is 2.25 bits per heavy atom. The molecule has 1 heterocycles. The summed E-state index contributed by atoms with van der Waals surface area (Å²) >= 11 is 26.0. The van der Waals surface area contributed by atoms with Crippen molar-refractivity contribution in [2.45, 2.75) is 9.17 Å². The molecule has 28 heavy (non-hydrogen) atoms. The molecule has 1 unspecified atom stereocenters. The number of likely N-dealkylation sites (N-methyl/N-ethyl adjacent to an activating group) is 1. The van der Waals surface area contributed by atoms with Crippen LogP contribution < -0.4 is 9.03 Å². The lowest BCUT2D eigenvalue weighted by Gasteiger charge is -2.18. The topological polar surface area (TPSA) is 65.0 Å². The number of amides is 3. The average Bonchev–Trinajstić information content (AvgIpc) is 2.84. The molecular weight excluding hydrogens is 493 g/mol. The molecule has 0 aromatic heterocycles. The van der Waals surface area contributed by atoms with Gasteiger partial charge in [0.25, 0.3) is 5.91 Å². The van der Waals surface area contributed by atoms with Crippen LogP contribution in [0.25, 0.3) is 0 Å². The second kappa shape index (κ2) is 11.7. The van der Waals surface area contributed by atoms with E-state index in [4.69, 9.17) is 46.4 Å². The van der Waals surface area contributed by atoms with Gasteiger partial charge in [-0.3, -0.25) is 14.7 Å². The first kappa shape index (κ1) is 25.6. The molecule has 1 atom stereocenters. The maximum absolute atomic E-state index is 14.0. The Balaban J connectivity index is 0.000000696. The third-order valence-electron chi connectivity index (χ3n) is 3.20. The Labute approximate surface area is 191 Å². The molecule has 1 N–H and O–H groups in total. The van der Waals surface area contributed by atoms with Crippen LogP contribution >= 0.6 is 70.3 Å². The molecule has 0 spiro atoms. The first-order valence-corrected chi connectivity index (χ1v) is 11.5. The third-order valence-corrected chi connectivity index (χ3v) is 6.13. The van der Waals surface area contributed by atoms with E-state index in [2.05, 4.69) is 9.12 Å². The maximum atomic E-state index is 14.0. The number of rotatable bonds is 5. The summed E-state index contributed by atoms with van der Waals surface area (Å²) in [6.45, 7) is -0.245. The van der Waals surface area contributed by atoms with E-state index in [1.807, 2.05) is 12.5 Å². The Kier molecular flexibility index (Phi) is 10.7. The predicted molar refractivity (Wildman–Crippen MR) is 119 cm³/mol. The number of alkyl halides is 4. The monoisotopic (exact) mass is 508 g/mol. The molecule has 2 rings (SSSR count). The van der Waals surface area contributed by atoms with Gasteiger partial charge in [0, 0.05) is 7.05 Å². The van der Waals surface area contributed by atoms with Gasteiger partial charge in [-0.2, -0.15) is 0 Å². The third kappa shape index (κ3) is 6.83. The number of halogens is 5. The molecule has 1 aromatic carbocycles. The Hall–Kier alpha value is -0.420. The fourth-order valence-electron chi connectivity index (χ4n) is 1.92. The van der Waals surface area contributed by atoms with E-state index in [-0.39, 0.29) is 18.1 Å². The number of carbonyl (C=O) groups is 2. The summed E-state index contributed by atoms with van der Waals surface area (Å²) in [5.41, 5.74) is -0.103. The fraction of sp³-hybridized carbons (Fsp3) is 0.400. The molecule has 1 fully saturated rings. The smallest absolute Gasteiger partial charge is 0.265 e. The molecule has 0 bridgehead atoms. The summed E-state index contributed by atoms with van der Waals surface area (Å²) < 4.78 is 15.1. The fourth-order valence-corrected chi connectivity index (χ4v) is 2.86. The van der Waals surface area contributed by atoms with Gasteiger partial charge in [-0.25, -0.2) is 18.2 Å². The minimum absolute atomic E-state index is 0.103. The van der Waals surface area contributed by atoms with E-state index in [0.29, 0.717) is 0 Å². The molecular formula is C15H17Cl4FN4O2S2. The second-order valence-corrected chi connectivity index (χ2v) is 9.48. The quantitative estimate of drug-likeness (QED) is 0.353. The number of nitrogens with zero attached hydrogens (tertiary/aromatic N) is 3. The van der Waals surface area contributed by atoms with Gasteiger partial charge in [0.05, 0.1) is 12.2 Å². The highest BCUT2D eigenvalue weighted by Gasteiger charge is 2.42. The number of hydrogen-bond acceptors (Lipinski definition) is 6. The van der Waals surface area contributed by atoms with Gasteiger partial charge in [0.15, 0.2) is 0 Å². The molecule has 156 valence electrons. The van der Waals surface area contributed by atoms with Crippen molar-refractivity contribution in [3.8, 4) is 0 Å². The van der Waals surface area contributed by atoms with Crippen LogP contribution in [-0.2, 0) is 4.79 Å². The van der Waals surface area contributed by atoms with Crippen LogP contribution in [0.15, 0.2) is 29.3 Å². The zero-order valence-electron chi connectivity index (χ0n) is 15.0. The number of anilines is 1. The second-order valence-electron chi connectivity index (χ2n) is 5.10. The first-order chi connectivity index (χ1) is 13.1. The molecule has 1 saturated heterocycles. The lowest BCUT2D eigenvalue weighted by molar-refractivity contribution is -0.119. The van der Waals surface area contributed by atoms with Crippen molar-refractivity contribution >= 4 is 93.8 Å². The Morgan fingerprint density at radius 2 is 1.79 bits per heavy atom. The molecule has 3 amide bonds. The Bertz CT molecular complexity index is 734. The van der Waals surface area contributed by atoms with Crippen LogP contribution in [-0.4, -0.2) is 57.9 Å². The number of hydrogen-bond donors (Lipinski definition) is 1. The van der Waals surface area contributed by atoms with E-state index in [1.54, 1.807) is 23.9 Å². The van der Waals surface area contributed by atoms with Crippen molar-refractivity contribution in [3.05, 3.63) is 30.1 Å². The highest BCUT2D eigenvalue weighted by molar-refractivity contribution is 8.12. The molecule has 13 heteroatoms. The van der Waals surface area contributed by atoms with Crippen LogP contribution in [0.2, 0.25) is 0 Å². The van der Waals surface area contributed by atoms with E-state index < -0.39 is 26.9 Å². The van der Waals surface area contributed by atoms with Crippen LogP contribution in [0.1, 0.15) is 0 Å². The minimum Gasteiger partial charge on any atom is -0.265 e. The van der Waals surface area contributed by atoms with Crippen LogP contribution in [0.4, 0.5) is 14.9 Å². The summed E-state index contributed by atoms with van der Waals surface area (Å²) in [6, 6.07) is 4.76. The van der Waals surface area contributed by atoms with Crippen LogP contribution in [0, 0.1) is 5.82 Å². The van der Waals surface area contributed by atoms with Crippen molar-refractivity contribution in [2.24, 2.45) is 4.99 Å². The van der Waals surface area contributed by atoms with Crippen molar-refractivity contribution in [2.75, 3.05) is 31.0 Å². The first-order valence-electron chi connectivity index (χ1n) is 7.49. The van der Waals surface area contributed by atoms with Gasteiger partial charge >= 0.3 is 6.03 Å². The summed E-state index contributed by atoms with van der Waals surface area (Å²) in [5, 5.41) is -1.03. The van der Waals surface area contributed by atoms with Crippen LogP contribution in [0.3, 0.4) is 0 Å². The largest absolute Gasteiger partial charge is 0.337 e. The highest BCUT2D eigenvalue weighted by atomic mass is 35.6. The molecule has 0 saturated carbocycles. The molecule has 1 aromatic rings. The van der Waals surface area contributed by atoms with Gasteiger partial charge in [0.1, 0.15) is 11.2 Å². The van der Waals surface area contributed by atoms with Gasteiger partial charge in [0.2, 0.25) is 9.63 Å². The molecule has 0 aliphatic carbocycles. The van der Waals surface area contributed by atoms with E-state index in [0.717, 1.165) is 15.9 Å². The Morgan fingerprint density at radius 1 is 1.21 bits per heavy atom. The lowest BCUT2D eigenvalue weighted by atomic mass is 10.3. The van der Waals surface area contributed by atoms with Gasteiger partial charge in [-0.05, 0) is 24.6 Å². The number of para-hydroxylation sites is 1. The number of carbonyl (C=O) groups excluding carboxylic acids is 2. The number of benzene rings is 1. The normalized spacial score (nSPS) is 17.1. The minimum atomic E-state index is -1.80. The molecule has 6 nitrogen and oxygen atoms in total. The molecule has 1 aliphatic rings. The summed E-state index contributed by atoms with van der Waals surface area (Å²) in [5.74, 6) is -1.67. The lowest BCUT2D eigenvalue weighted by Crippen LogP contribution is -2.33. The number of aliphatic imine (C=N–C) groups is 1. The molecule has 0 radical (unpaired) electrons. The van der Waals surface area contributed by atoms with Crippen molar-refractivity contribution < 1.29 is 14.0 Å². The number of amidine groups is 1. The van der Waals surface area contributed by atoms with Crippen LogP contribution in [0.5, 0.6) is 0 Å². The molecule has 1 aliphatic heterocycles. The summed E-state index contributed by atoms with van der Waals surface area (Å²) in [7, 11) is 1.26. The summed E-state index contributed by atoms with van der Waals surface area (Å²) in [6.07, 6.45) is 3.99. The number of imide groups is 1.